The van der Waals surface area contributed by atoms with E-state index in [1.54, 1.807) is 4.90 Å². The summed E-state index contributed by atoms with van der Waals surface area (Å²) < 4.78 is 5.39. The highest BCUT2D eigenvalue weighted by Crippen LogP contribution is 2.28. The molecule has 1 aromatic rings. The molecular formula is C18H29N4OS+. The summed E-state index contributed by atoms with van der Waals surface area (Å²) in [4.78, 5) is 4.08. The fraction of sp³-hybridized carbons (Fsp3) is 0.611. The van der Waals surface area contributed by atoms with Crippen LogP contribution in [0.4, 0.5) is 11.4 Å². The normalized spacial score (nSPS) is 18.6. The van der Waals surface area contributed by atoms with Crippen molar-refractivity contribution in [1.29, 1.82) is 0 Å². The van der Waals surface area contributed by atoms with E-state index in [1.807, 2.05) is 0 Å². The molecule has 2 fully saturated rings. The van der Waals surface area contributed by atoms with Gasteiger partial charge < -0.3 is 25.2 Å². The Hall–Kier alpha value is -1.37. The van der Waals surface area contributed by atoms with Crippen molar-refractivity contribution in [2.24, 2.45) is 0 Å². The van der Waals surface area contributed by atoms with Gasteiger partial charge in [-0.1, -0.05) is 12.1 Å². The lowest BCUT2D eigenvalue weighted by atomic mass is 10.2. The minimum Gasteiger partial charge on any atom is -0.370 e. The molecule has 0 spiro atoms. The van der Waals surface area contributed by atoms with Gasteiger partial charge in [-0.25, -0.2) is 0 Å². The van der Waals surface area contributed by atoms with Crippen molar-refractivity contribution in [3.8, 4) is 0 Å². The number of quaternary nitrogens is 1. The zero-order chi connectivity index (χ0) is 16.6. The van der Waals surface area contributed by atoms with E-state index in [4.69, 9.17) is 17.0 Å². The smallest absolute Gasteiger partial charge is 0.170 e. The first-order chi connectivity index (χ1) is 11.8. The summed E-state index contributed by atoms with van der Waals surface area (Å²) in [5.74, 6) is 0. The molecule has 2 saturated heterocycles. The molecule has 132 valence electrons. The maximum absolute atomic E-state index is 5.47. The lowest BCUT2D eigenvalue weighted by molar-refractivity contribution is -0.908. The summed E-state index contributed by atoms with van der Waals surface area (Å²) in [6, 6.07) is 8.45. The van der Waals surface area contributed by atoms with Crippen LogP contribution < -0.4 is 20.4 Å². The molecule has 0 saturated carbocycles. The number of nitrogens with one attached hydrogen (secondary N) is 3. The van der Waals surface area contributed by atoms with E-state index >= 15 is 0 Å². The number of anilines is 2. The van der Waals surface area contributed by atoms with E-state index in [9.17, 15) is 0 Å². The molecule has 2 heterocycles. The lowest BCUT2D eigenvalue weighted by Crippen LogP contribution is -3.14. The van der Waals surface area contributed by atoms with Gasteiger partial charge in [0.05, 0.1) is 31.1 Å². The zero-order valence-corrected chi connectivity index (χ0v) is 15.2. The second kappa shape index (κ2) is 9.20. The largest absolute Gasteiger partial charge is 0.370 e. The van der Waals surface area contributed by atoms with Crippen molar-refractivity contribution in [3.05, 3.63) is 24.3 Å². The molecule has 0 aliphatic carbocycles. The fourth-order valence-corrected chi connectivity index (χ4v) is 3.64. The van der Waals surface area contributed by atoms with Crippen molar-refractivity contribution < 1.29 is 9.64 Å². The molecule has 6 heteroatoms. The molecule has 0 radical (unpaired) electrons. The van der Waals surface area contributed by atoms with Gasteiger partial charge in [0, 0.05) is 26.1 Å². The Kier molecular flexibility index (Phi) is 6.69. The maximum atomic E-state index is 5.47. The Morgan fingerprint density at radius 1 is 1.17 bits per heavy atom. The second-order valence-electron chi connectivity index (χ2n) is 6.56. The van der Waals surface area contributed by atoms with Crippen molar-refractivity contribution in [3.63, 3.8) is 0 Å². The first-order valence-corrected chi connectivity index (χ1v) is 9.54. The lowest BCUT2D eigenvalue weighted by Gasteiger charge is -2.24. The zero-order valence-electron chi connectivity index (χ0n) is 14.4. The third-order valence-electron chi connectivity index (χ3n) is 4.79. The van der Waals surface area contributed by atoms with E-state index in [0.29, 0.717) is 0 Å². The first kappa shape index (κ1) is 17.5. The third-order valence-corrected chi connectivity index (χ3v) is 5.04. The highest BCUT2D eigenvalue weighted by atomic mass is 32.1. The fourth-order valence-electron chi connectivity index (χ4n) is 3.43. The SMILES string of the molecule is S=C(NCCC[NH+]1CCOCC1)Nc1ccccc1N1CCCC1. The van der Waals surface area contributed by atoms with Crippen LogP contribution in [0.3, 0.4) is 0 Å². The van der Waals surface area contributed by atoms with Crippen molar-refractivity contribution in [1.82, 2.24) is 5.32 Å². The summed E-state index contributed by atoms with van der Waals surface area (Å²) in [5.41, 5.74) is 2.37. The van der Waals surface area contributed by atoms with Crippen LogP contribution in [0.2, 0.25) is 0 Å². The molecular weight excluding hydrogens is 320 g/mol. The number of morpholine rings is 1. The Morgan fingerprint density at radius 2 is 1.92 bits per heavy atom. The Bertz CT molecular complexity index is 528. The summed E-state index contributed by atoms with van der Waals surface area (Å²) in [5, 5.41) is 7.44. The van der Waals surface area contributed by atoms with Crippen molar-refractivity contribution in [2.75, 3.05) is 62.7 Å². The molecule has 3 N–H and O–H groups in total. The van der Waals surface area contributed by atoms with Crippen LogP contribution in [0.1, 0.15) is 19.3 Å². The second-order valence-corrected chi connectivity index (χ2v) is 6.97. The van der Waals surface area contributed by atoms with Gasteiger partial charge in [-0.15, -0.1) is 0 Å². The molecule has 0 atom stereocenters. The summed E-state index contributed by atoms with van der Waals surface area (Å²) in [6.45, 7) is 8.44. The average Bonchev–Trinajstić information content (AvgIpc) is 3.15. The Labute approximate surface area is 150 Å². The van der Waals surface area contributed by atoms with Crippen LogP contribution >= 0.6 is 12.2 Å². The van der Waals surface area contributed by atoms with E-state index in [1.165, 1.54) is 25.1 Å². The topological polar surface area (TPSA) is 41.0 Å². The van der Waals surface area contributed by atoms with E-state index in [2.05, 4.69) is 39.8 Å². The molecule has 0 bridgehead atoms. The van der Waals surface area contributed by atoms with Gasteiger partial charge in [0.2, 0.25) is 0 Å². The third kappa shape index (κ3) is 5.06. The van der Waals surface area contributed by atoms with Gasteiger partial charge >= 0.3 is 0 Å². The van der Waals surface area contributed by atoms with Crippen molar-refractivity contribution >= 4 is 28.7 Å². The summed E-state index contributed by atoms with van der Waals surface area (Å²) in [7, 11) is 0. The van der Waals surface area contributed by atoms with Crippen LogP contribution in [0.15, 0.2) is 24.3 Å². The van der Waals surface area contributed by atoms with Gasteiger partial charge in [-0.05, 0) is 37.2 Å². The number of hydrogen-bond acceptors (Lipinski definition) is 3. The average molecular weight is 350 g/mol. The van der Waals surface area contributed by atoms with Crippen LogP contribution in [0.5, 0.6) is 0 Å². The van der Waals surface area contributed by atoms with Gasteiger partial charge in [0.1, 0.15) is 13.1 Å². The molecule has 5 nitrogen and oxygen atoms in total. The molecule has 2 aliphatic heterocycles. The monoisotopic (exact) mass is 349 g/mol. The number of nitrogens with zero attached hydrogens (tertiary/aromatic N) is 1. The van der Waals surface area contributed by atoms with Crippen LogP contribution in [0, 0.1) is 0 Å². The van der Waals surface area contributed by atoms with Gasteiger partial charge in [-0.3, -0.25) is 0 Å². The van der Waals surface area contributed by atoms with E-state index in [-0.39, 0.29) is 0 Å². The number of rotatable bonds is 6. The minimum absolute atomic E-state index is 0.721. The van der Waals surface area contributed by atoms with Crippen molar-refractivity contribution in [2.45, 2.75) is 19.3 Å². The van der Waals surface area contributed by atoms with E-state index < -0.39 is 0 Å². The molecule has 3 rings (SSSR count). The number of benzene rings is 1. The number of para-hydroxylation sites is 2. The van der Waals surface area contributed by atoms with Crippen LogP contribution in [-0.2, 0) is 4.74 Å². The number of thiocarbonyl (C=S) groups is 1. The predicted octanol–water partition coefficient (Wildman–Crippen LogP) is 0.878. The molecule has 0 amide bonds. The minimum atomic E-state index is 0.721. The van der Waals surface area contributed by atoms with Crippen LogP contribution in [0.25, 0.3) is 0 Å². The standard InChI is InChI=1S/C18H28N4OS/c24-18(19-8-5-9-21-12-14-23-15-13-21)20-16-6-1-2-7-17(16)22-10-3-4-11-22/h1-2,6-7H,3-5,8-15H2,(H2,19,20,24)/p+1. The van der Waals surface area contributed by atoms with Crippen LogP contribution in [-0.4, -0.2) is 57.6 Å². The molecule has 0 unspecified atom stereocenters. The van der Waals surface area contributed by atoms with E-state index in [0.717, 1.165) is 63.2 Å². The maximum Gasteiger partial charge on any atom is 0.170 e. The first-order valence-electron chi connectivity index (χ1n) is 9.13. The predicted molar refractivity (Wildman–Crippen MR) is 103 cm³/mol. The number of ether oxygens (including phenoxy) is 1. The number of hydrogen-bond donors (Lipinski definition) is 3. The molecule has 24 heavy (non-hydrogen) atoms. The Morgan fingerprint density at radius 3 is 2.71 bits per heavy atom. The molecule has 2 aliphatic rings. The highest BCUT2D eigenvalue weighted by molar-refractivity contribution is 7.80. The van der Waals surface area contributed by atoms with Gasteiger partial charge in [0.15, 0.2) is 5.11 Å². The Balaban J connectivity index is 1.41. The quantitative estimate of drug-likeness (QED) is 0.525. The highest BCUT2D eigenvalue weighted by Gasteiger charge is 2.16. The molecule has 1 aromatic carbocycles. The van der Waals surface area contributed by atoms with Gasteiger partial charge in [0.25, 0.3) is 0 Å². The summed E-state index contributed by atoms with van der Waals surface area (Å²) >= 11 is 5.47. The van der Waals surface area contributed by atoms with Gasteiger partial charge in [-0.2, -0.15) is 0 Å². The summed E-state index contributed by atoms with van der Waals surface area (Å²) in [6.07, 6.45) is 3.69. The molecule has 0 aromatic heterocycles.